The zero-order chi connectivity index (χ0) is 35.3. The number of hydrogen-bond donors (Lipinski definition) is 0. The van der Waals surface area contributed by atoms with Gasteiger partial charge in [0, 0.05) is 0 Å². The van der Waals surface area contributed by atoms with E-state index < -0.39 is 20.3 Å². The zero-order valence-electron chi connectivity index (χ0n) is 33.0. The molecule has 4 aromatic rings. The minimum Gasteiger partial charge on any atom is -1.00 e. The number of fused-ring (bicyclic) bond motifs is 2. The normalized spacial score (nSPS) is 18.1. The zero-order valence-corrected chi connectivity index (χ0v) is 37.0. The van der Waals surface area contributed by atoms with Crippen molar-refractivity contribution in [2.24, 2.45) is 0 Å². The Hall–Kier alpha value is -2.18. The summed E-state index contributed by atoms with van der Waals surface area (Å²) in [7, 11) is 0. The summed E-state index contributed by atoms with van der Waals surface area (Å²) >= 11 is -2.92. The first-order valence-electron chi connectivity index (χ1n) is 19.8. The maximum Gasteiger partial charge on any atom is -1.00 e. The Kier molecular flexibility index (Phi) is 12.8. The van der Waals surface area contributed by atoms with Gasteiger partial charge in [0.2, 0.25) is 0 Å². The molecular weight excluding hydrogens is 751 g/mol. The molecular formula is C49H60Cl2Zr. The summed E-state index contributed by atoms with van der Waals surface area (Å²) in [6.07, 6.45) is 14.5. The molecule has 0 amide bonds. The summed E-state index contributed by atoms with van der Waals surface area (Å²) in [5, 5.41) is 0. The molecule has 7 rings (SSSR count). The molecule has 0 N–H and O–H groups in total. The summed E-state index contributed by atoms with van der Waals surface area (Å²) in [4.78, 5) is 0. The first-order chi connectivity index (χ1) is 24.0. The third kappa shape index (κ3) is 7.55. The van der Waals surface area contributed by atoms with Gasteiger partial charge in [-0.2, -0.15) is 0 Å². The van der Waals surface area contributed by atoms with Crippen molar-refractivity contribution in [1.82, 2.24) is 0 Å². The van der Waals surface area contributed by atoms with Crippen molar-refractivity contribution in [2.75, 3.05) is 0 Å². The topological polar surface area (TPSA) is 0 Å². The van der Waals surface area contributed by atoms with Gasteiger partial charge in [0.05, 0.1) is 0 Å². The first kappa shape index (κ1) is 41.0. The smallest absolute Gasteiger partial charge is 1.00 e. The SMILES string of the molecule is CCCCC1=Cc2c(-c3ccc(C(C)(C)C)cc3)cccc2[CH]1[Zr+2]1([CH]2C(CCCC)=Cc3c(-c4ccc(C(C)(C)C)cc4)cccc32)[CH2]C[CH2]1.[Cl-].[Cl-]. The van der Waals surface area contributed by atoms with E-state index in [2.05, 4.69) is 152 Å². The predicted molar refractivity (Wildman–Crippen MR) is 216 cm³/mol. The van der Waals surface area contributed by atoms with Gasteiger partial charge >= 0.3 is 311 Å². The van der Waals surface area contributed by atoms with Crippen LogP contribution in [0.5, 0.6) is 0 Å². The van der Waals surface area contributed by atoms with Crippen LogP contribution in [0.3, 0.4) is 0 Å². The maximum absolute atomic E-state index is 2.92. The van der Waals surface area contributed by atoms with Crippen molar-refractivity contribution in [3.8, 4) is 22.3 Å². The van der Waals surface area contributed by atoms with Crippen LogP contribution in [0.25, 0.3) is 34.4 Å². The van der Waals surface area contributed by atoms with Crippen molar-refractivity contribution in [1.29, 1.82) is 0 Å². The van der Waals surface area contributed by atoms with E-state index in [1.54, 1.807) is 33.4 Å². The Morgan fingerprint density at radius 2 is 0.923 bits per heavy atom. The molecule has 0 aromatic heterocycles. The molecule has 2 atom stereocenters. The van der Waals surface area contributed by atoms with Crippen molar-refractivity contribution in [3.63, 3.8) is 0 Å². The third-order valence-corrected chi connectivity index (χ3v) is 27.8. The average molecular weight is 811 g/mol. The van der Waals surface area contributed by atoms with Crippen LogP contribution in [0.4, 0.5) is 0 Å². The minimum absolute atomic E-state index is 0. The Bertz CT molecular complexity index is 1770. The maximum atomic E-state index is 2.71. The molecule has 0 saturated carbocycles. The minimum atomic E-state index is -2.92. The van der Waals surface area contributed by atoms with E-state index >= 15 is 0 Å². The van der Waals surface area contributed by atoms with Crippen LogP contribution in [-0.4, -0.2) is 0 Å². The number of hydrogen-bond acceptors (Lipinski definition) is 0. The number of halogens is 2. The molecule has 1 saturated heterocycles. The molecule has 1 aliphatic heterocycles. The Balaban J connectivity index is 0.00000261. The average Bonchev–Trinajstić information content (AvgIpc) is 3.64. The second-order valence-electron chi connectivity index (χ2n) is 17.9. The summed E-state index contributed by atoms with van der Waals surface area (Å²) in [6.45, 7) is 18.6. The third-order valence-electron chi connectivity index (χ3n) is 12.5. The summed E-state index contributed by atoms with van der Waals surface area (Å²) in [5.41, 5.74) is 18.8. The molecule has 2 aliphatic carbocycles. The molecule has 0 bridgehead atoms. The van der Waals surface area contributed by atoms with Gasteiger partial charge in [-0.3, -0.25) is 0 Å². The second-order valence-corrected chi connectivity index (χ2v) is 29.2. The fourth-order valence-corrected chi connectivity index (χ4v) is 25.2. The molecule has 0 radical (unpaired) electrons. The molecule has 0 nitrogen and oxygen atoms in total. The molecule has 0 spiro atoms. The van der Waals surface area contributed by atoms with Crippen molar-refractivity contribution in [2.45, 2.75) is 127 Å². The van der Waals surface area contributed by atoms with E-state index in [0.29, 0.717) is 7.25 Å². The number of unbranched alkanes of at least 4 members (excludes halogenated alkanes) is 2. The van der Waals surface area contributed by atoms with Crippen LogP contribution in [0.2, 0.25) is 8.26 Å². The number of allylic oxidation sites excluding steroid dienone is 2. The molecule has 4 aromatic carbocycles. The van der Waals surface area contributed by atoms with Gasteiger partial charge in [0.1, 0.15) is 0 Å². The quantitative estimate of drug-likeness (QED) is 0.150. The van der Waals surface area contributed by atoms with Crippen molar-refractivity contribution >= 4 is 12.2 Å². The molecule has 1 fully saturated rings. The van der Waals surface area contributed by atoms with Crippen LogP contribution in [0.1, 0.15) is 141 Å². The fraction of sp³-hybridized carbons (Fsp3) is 0.429. The molecule has 2 unspecified atom stereocenters. The predicted octanol–water partition coefficient (Wildman–Crippen LogP) is 8.97. The second kappa shape index (κ2) is 16.3. The van der Waals surface area contributed by atoms with Crippen LogP contribution < -0.4 is 24.8 Å². The van der Waals surface area contributed by atoms with E-state index in [1.165, 1.54) is 86.6 Å². The van der Waals surface area contributed by atoms with Gasteiger partial charge in [-0.05, 0) is 0 Å². The Morgan fingerprint density at radius 1 is 0.538 bits per heavy atom. The van der Waals surface area contributed by atoms with Gasteiger partial charge < -0.3 is 24.8 Å². The molecule has 3 heteroatoms. The van der Waals surface area contributed by atoms with Gasteiger partial charge in [-0.25, -0.2) is 0 Å². The summed E-state index contributed by atoms with van der Waals surface area (Å²) in [6, 6.07) is 33.7. The van der Waals surface area contributed by atoms with E-state index in [0.717, 1.165) is 0 Å². The van der Waals surface area contributed by atoms with Crippen LogP contribution >= 0.6 is 0 Å². The van der Waals surface area contributed by atoms with Gasteiger partial charge in [-0.1, -0.05) is 0 Å². The van der Waals surface area contributed by atoms with Gasteiger partial charge in [0.15, 0.2) is 0 Å². The molecule has 274 valence electrons. The van der Waals surface area contributed by atoms with Crippen molar-refractivity contribution in [3.05, 3.63) is 129 Å². The first-order valence-corrected chi connectivity index (χ1v) is 26.2. The molecule has 3 aliphatic rings. The monoisotopic (exact) mass is 808 g/mol. The molecule has 52 heavy (non-hydrogen) atoms. The number of rotatable bonds is 10. The summed E-state index contributed by atoms with van der Waals surface area (Å²) < 4.78 is 4.41. The van der Waals surface area contributed by atoms with Crippen LogP contribution in [0.15, 0.2) is 96.1 Å². The molecule has 1 heterocycles. The van der Waals surface area contributed by atoms with E-state index in [9.17, 15) is 0 Å². The fourth-order valence-electron chi connectivity index (χ4n) is 9.61. The van der Waals surface area contributed by atoms with Gasteiger partial charge in [0.25, 0.3) is 0 Å². The largest absolute Gasteiger partial charge is 1.00 e. The van der Waals surface area contributed by atoms with E-state index in [4.69, 9.17) is 0 Å². The van der Waals surface area contributed by atoms with Crippen LogP contribution in [0, 0.1) is 0 Å². The van der Waals surface area contributed by atoms with Crippen LogP contribution in [-0.2, 0) is 31.1 Å². The summed E-state index contributed by atoms with van der Waals surface area (Å²) in [5.74, 6) is 0. The Morgan fingerprint density at radius 3 is 1.23 bits per heavy atom. The van der Waals surface area contributed by atoms with Gasteiger partial charge in [-0.15, -0.1) is 0 Å². The van der Waals surface area contributed by atoms with E-state index in [-0.39, 0.29) is 35.6 Å². The Labute approximate surface area is 333 Å². The van der Waals surface area contributed by atoms with Crippen molar-refractivity contribution < 1.29 is 45.1 Å². The van der Waals surface area contributed by atoms with E-state index in [1.807, 2.05) is 0 Å². The standard InChI is InChI=1S/2C23H27.C3H6.2ClH.Zr/c2*1-5-6-8-17-15-19-9-7-10-21(22(19)16-17)18-11-13-20(14-12-18)23(2,3)4;1-3-2;;;/h2*7,9-16H,5-6,8H2,1-4H3;1-3H2;2*1H;/q;;;;;+2/p-2. The number of benzene rings is 4.